The second kappa shape index (κ2) is 5.70. The first-order chi connectivity index (χ1) is 8.59. The lowest BCUT2D eigenvalue weighted by molar-refractivity contribution is 0.0965. The van der Waals surface area contributed by atoms with Gasteiger partial charge in [0.15, 0.2) is 11.6 Å². The molecule has 1 aromatic carbocycles. The van der Waals surface area contributed by atoms with Crippen molar-refractivity contribution in [2.24, 2.45) is 11.7 Å². The number of ether oxygens (including phenoxy) is 1. The molecular weight excluding hydrogens is 229 g/mol. The van der Waals surface area contributed by atoms with Crippen molar-refractivity contribution in [1.29, 1.82) is 0 Å². The van der Waals surface area contributed by atoms with Crippen molar-refractivity contribution in [3.63, 3.8) is 0 Å². The molecule has 18 heavy (non-hydrogen) atoms. The Hall–Kier alpha value is -1.09. The van der Waals surface area contributed by atoms with Crippen molar-refractivity contribution >= 4 is 0 Å². The third kappa shape index (κ3) is 2.83. The van der Waals surface area contributed by atoms with Gasteiger partial charge in [0.05, 0.1) is 0 Å². The average Bonchev–Trinajstić information content (AvgIpc) is 2.34. The number of benzene rings is 1. The Morgan fingerprint density at radius 1 is 1.33 bits per heavy atom. The van der Waals surface area contributed by atoms with Crippen LogP contribution < -0.4 is 10.5 Å². The van der Waals surface area contributed by atoms with Crippen LogP contribution in [0.25, 0.3) is 0 Å². The molecule has 1 aliphatic carbocycles. The number of halogens is 1. The molecule has 0 saturated heterocycles. The smallest absolute Gasteiger partial charge is 0.165 e. The molecule has 2 N–H and O–H groups in total. The number of hydrogen-bond donors (Lipinski definition) is 1. The van der Waals surface area contributed by atoms with Gasteiger partial charge in [-0.15, -0.1) is 0 Å². The number of nitrogens with two attached hydrogens (primary N) is 1. The fourth-order valence-corrected chi connectivity index (χ4v) is 2.62. The minimum atomic E-state index is -0.303. The summed E-state index contributed by atoms with van der Waals surface area (Å²) in [5.41, 5.74) is 6.63. The minimum absolute atomic E-state index is 0.119. The number of rotatable bonds is 3. The van der Waals surface area contributed by atoms with Gasteiger partial charge in [0.25, 0.3) is 0 Å². The van der Waals surface area contributed by atoms with Crippen LogP contribution in [0.5, 0.6) is 5.75 Å². The molecular formula is C15H22FNO. The Morgan fingerprint density at radius 3 is 2.72 bits per heavy atom. The maximum absolute atomic E-state index is 13.9. The molecule has 1 saturated carbocycles. The van der Waals surface area contributed by atoms with Crippen LogP contribution >= 0.6 is 0 Å². The zero-order valence-corrected chi connectivity index (χ0v) is 11.2. The summed E-state index contributed by atoms with van der Waals surface area (Å²) in [6.07, 6.45) is 4.70. The normalized spacial score (nSPS) is 25.8. The largest absolute Gasteiger partial charge is 0.487 e. The van der Waals surface area contributed by atoms with Crippen LogP contribution in [0.1, 0.15) is 51.1 Å². The lowest BCUT2D eigenvalue weighted by Crippen LogP contribution is -2.29. The highest BCUT2D eigenvalue weighted by atomic mass is 19.1. The molecule has 1 aromatic rings. The van der Waals surface area contributed by atoms with Crippen molar-refractivity contribution in [3.05, 3.63) is 29.6 Å². The van der Waals surface area contributed by atoms with Gasteiger partial charge in [-0.05, 0) is 38.2 Å². The van der Waals surface area contributed by atoms with Crippen molar-refractivity contribution in [2.75, 3.05) is 0 Å². The van der Waals surface area contributed by atoms with Crippen LogP contribution in [0.4, 0.5) is 4.39 Å². The van der Waals surface area contributed by atoms with Gasteiger partial charge in [0.1, 0.15) is 6.10 Å². The summed E-state index contributed by atoms with van der Waals surface area (Å²) in [5, 5.41) is 0. The van der Waals surface area contributed by atoms with Crippen LogP contribution in [0.3, 0.4) is 0 Å². The van der Waals surface area contributed by atoms with Crippen LogP contribution in [0.2, 0.25) is 0 Å². The van der Waals surface area contributed by atoms with Crippen molar-refractivity contribution in [3.8, 4) is 5.75 Å². The highest BCUT2D eigenvalue weighted by molar-refractivity contribution is 5.37. The maximum Gasteiger partial charge on any atom is 0.165 e. The third-order valence-electron chi connectivity index (χ3n) is 3.79. The lowest BCUT2D eigenvalue weighted by Gasteiger charge is -2.30. The van der Waals surface area contributed by atoms with E-state index in [2.05, 4.69) is 6.92 Å². The molecule has 3 unspecified atom stereocenters. The molecule has 1 fully saturated rings. The first-order valence-corrected chi connectivity index (χ1v) is 6.80. The van der Waals surface area contributed by atoms with E-state index in [0.29, 0.717) is 11.7 Å². The lowest BCUT2D eigenvalue weighted by atomic mass is 9.88. The number of para-hydroxylation sites is 1. The summed E-state index contributed by atoms with van der Waals surface area (Å²) < 4.78 is 19.8. The summed E-state index contributed by atoms with van der Waals surface area (Å²) >= 11 is 0. The van der Waals surface area contributed by atoms with Gasteiger partial charge in [-0.3, -0.25) is 0 Å². The molecule has 0 spiro atoms. The first-order valence-electron chi connectivity index (χ1n) is 6.80. The van der Waals surface area contributed by atoms with Crippen LogP contribution in [-0.2, 0) is 0 Å². The molecule has 0 amide bonds. The SMILES string of the molecule is CC(N)c1cccc(F)c1OC1CCCCC1C. The highest BCUT2D eigenvalue weighted by Gasteiger charge is 2.25. The van der Waals surface area contributed by atoms with Crippen LogP contribution in [0, 0.1) is 11.7 Å². The Bertz CT molecular complexity index is 405. The first kappa shape index (κ1) is 13.3. The van der Waals surface area contributed by atoms with Gasteiger partial charge >= 0.3 is 0 Å². The molecule has 2 rings (SSSR count). The standard InChI is InChI=1S/C15H22FNO/c1-10-6-3-4-9-14(10)18-15-12(11(2)17)7-5-8-13(15)16/h5,7-8,10-11,14H,3-4,6,9,17H2,1-2H3. The van der Waals surface area contributed by atoms with E-state index >= 15 is 0 Å². The molecule has 3 atom stereocenters. The Morgan fingerprint density at radius 2 is 2.06 bits per heavy atom. The molecule has 0 radical (unpaired) electrons. The second-order valence-electron chi connectivity index (χ2n) is 5.36. The van der Waals surface area contributed by atoms with E-state index in [1.165, 1.54) is 12.5 Å². The van der Waals surface area contributed by atoms with Gasteiger partial charge < -0.3 is 10.5 Å². The summed E-state index contributed by atoms with van der Waals surface area (Å²) in [7, 11) is 0. The van der Waals surface area contributed by atoms with Crippen molar-refractivity contribution < 1.29 is 9.13 Å². The van der Waals surface area contributed by atoms with Gasteiger partial charge in [-0.2, -0.15) is 0 Å². The fourth-order valence-electron chi connectivity index (χ4n) is 2.62. The topological polar surface area (TPSA) is 35.2 Å². The van der Waals surface area contributed by atoms with Gasteiger partial charge in [0.2, 0.25) is 0 Å². The minimum Gasteiger partial charge on any atom is -0.487 e. The van der Waals surface area contributed by atoms with E-state index < -0.39 is 0 Å². The van der Waals surface area contributed by atoms with E-state index in [0.717, 1.165) is 24.8 Å². The summed E-state index contributed by atoms with van der Waals surface area (Å²) in [4.78, 5) is 0. The summed E-state index contributed by atoms with van der Waals surface area (Å²) in [6.45, 7) is 4.03. The van der Waals surface area contributed by atoms with Crippen LogP contribution in [0.15, 0.2) is 18.2 Å². The van der Waals surface area contributed by atoms with E-state index in [4.69, 9.17) is 10.5 Å². The summed E-state index contributed by atoms with van der Waals surface area (Å²) in [6, 6.07) is 4.76. The quantitative estimate of drug-likeness (QED) is 0.886. The molecule has 0 aliphatic heterocycles. The van der Waals surface area contributed by atoms with E-state index in [1.807, 2.05) is 13.0 Å². The van der Waals surface area contributed by atoms with Gasteiger partial charge in [0, 0.05) is 11.6 Å². The fraction of sp³-hybridized carbons (Fsp3) is 0.600. The van der Waals surface area contributed by atoms with Crippen molar-refractivity contribution in [1.82, 2.24) is 0 Å². The predicted octanol–water partition coefficient (Wildman–Crippen LogP) is 3.80. The predicted molar refractivity (Wildman–Crippen MR) is 71.1 cm³/mol. The Balaban J connectivity index is 2.22. The Labute approximate surface area is 108 Å². The summed E-state index contributed by atoms with van der Waals surface area (Å²) in [5.74, 6) is 0.535. The third-order valence-corrected chi connectivity index (χ3v) is 3.79. The molecule has 1 aliphatic rings. The number of hydrogen-bond acceptors (Lipinski definition) is 2. The molecule has 100 valence electrons. The van der Waals surface area contributed by atoms with E-state index in [-0.39, 0.29) is 18.0 Å². The highest BCUT2D eigenvalue weighted by Crippen LogP contribution is 2.33. The zero-order valence-electron chi connectivity index (χ0n) is 11.2. The molecule has 2 nitrogen and oxygen atoms in total. The van der Waals surface area contributed by atoms with Crippen molar-refractivity contribution in [2.45, 2.75) is 51.7 Å². The molecule has 0 heterocycles. The monoisotopic (exact) mass is 251 g/mol. The Kier molecular flexibility index (Phi) is 4.23. The van der Waals surface area contributed by atoms with Gasteiger partial charge in [-0.1, -0.05) is 25.5 Å². The average molecular weight is 251 g/mol. The van der Waals surface area contributed by atoms with Crippen LogP contribution in [-0.4, -0.2) is 6.10 Å². The van der Waals surface area contributed by atoms with Gasteiger partial charge in [-0.25, -0.2) is 4.39 Å². The second-order valence-corrected chi connectivity index (χ2v) is 5.36. The molecule has 3 heteroatoms. The maximum atomic E-state index is 13.9. The molecule has 0 aromatic heterocycles. The molecule has 0 bridgehead atoms. The van der Waals surface area contributed by atoms with E-state index in [9.17, 15) is 4.39 Å². The zero-order chi connectivity index (χ0) is 13.1. The van der Waals surface area contributed by atoms with E-state index in [1.54, 1.807) is 6.07 Å².